The molecule has 0 saturated carbocycles. The zero-order valence-electron chi connectivity index (χ0n) is 47.3. The maximum atomic E-state index is 12.5. The highest BCUT2D eigenvalue weighted by molar-refractivity contribution is 5.76. The first kappa shape index (κ1) is 68.3. The number of unbranched alkanes of at least 4 members (excludes halogenated alkanes) is 46. The van der Waals surface area contributed by atoms with Crippen LogP contribution >= 0.6 is 0 Å². The highest BCUT2D eigenvalue weighted by Crippen LogP contribution is 2.18. The molecule has 2 atom stereocenters. The Kier molecular flexibility index (Phi) is 58.5. The Morgan fingerprint density at radius 2 is 0.671 bits per heavy atom. The quantitative estimate of drug-likeness (QED) is 0.0321. The summed E-state index contributed by atoms with van der Waals surface area (Å²) in [5.74, 6) is -0.0597. The topological polar surface area (TPSA) is 95.9 Å². The van der Waals surface area contributed by atoms with Crippen LogP contribution in [0.2, 0.25) is 0 Å². The van der Waals surface area contributed by atoms with E-state index in [1.165, 1.54) is 276 Å². The van der Waals surface area contributed by atoms with E-state index in [0.29, 0.717) is 19.4 Å². The molecule has 0 aliphatic rings. The fourth-order valence-corrected chi connectivity index (χ4v) is 9.87. The van der Waals surface area contributed by atoms with Gasteiger partial charge in [-0.3, -0.25) is 9.59 Å². The third-order valence-corrected chi connectivity index (χ3v) is 14.7. The van der Waals surface area contributed by atoms with E-state index in [-0.39, 0.29) is 18.5 Å². The van der Waals surface area contributed by atoms with Crippen LogP contribution in [-0.4, -0.2) is 47.4 Å². The maximum absolute atomic E-state index is 12.5. The third-order valence-electron chi connectivity index (χ3n) is 14.7. The lowest BCUT2D eigenvalue weighted by molar-refractivity contribution is -0.143. The first-order valence-corrected chi connectivity index (χ1v) is 31.6. The summed E-state index contributed by atoms with van der Waals surface area (Å²) in [5.41, 5.74) is 0. The van der Waals surface area contributed by atoms with Crippen molar-refractivity contribution in [2.24, 2.45) is 0 Å². The highest BCUT2D eigenvalue weighted by Gasteiger charge is 2.18. The number of ether oxygens (including phenoxy) is 1. The van der Waals surface area contributed by atoms with Gasteiger partial charge in [0.05, 0.1) is 25.4 Å². The molecule has 0 aliphatic carbocycles. The van der Waals surface area contributed by atoms with Crippen molar-refractivity contribution in [2.45, 2.75) is 360 Å². The molecule has 0 rings (SSSR count). The van der Waals surface area contributed by atoms with Gasteiger partial charge in [-0.2, -0.15) is 0 Å². The number of hydrogen-bond donors (Lipinski definition) is 3. The van der Waals surface area contributed by atoms with Crippen LogP contribution < -0.4 is 5.32 Å². The van der Waals surface area contributed by atoms with Crippen LogP contribution in [-0.2, 0) is 14.3 Å². The lowest BCUT2D eigenvalue weighted by atomic mass is 10.0. The van der Waals surface area contributed by atoms with Crippen molar-refractivity contribution in [3.63, 3.8) is 0 Å². The molecule has 3 N–H and O–H groups in total. The van der Waals surface area contributed by atoms with Crippen molar-refractivity contribution in [3.8, 4) is 0 Å². The molecule has 0 aromatic carbocycles. The van der Waals surface area contributed by atoms with E-state index in [1.54, 1.807) is 6.08 Å². The molecule has 0 aromatic heterocycles. The van der Waals surface area contributed by atoms with Crippen LogP contribution in [0.5, 0.6) is 0 Å². The molecular weight excluding hydrogens is 863 g/mol. The number of hydrogen-bond acceptors (Lipinski definition) is 5. The smallest absolute Gasteiger partial charge is 0.305 e. The molecule has 6 heteroatoms. The summed E-state index contributed by atoms with van der Waals surface area (Å²) >= 11 is 0. The number of nitrogens with one attached hydrogen (secondary N) is 1. The molecule has 0 saturated heterocycles. The largest absolute Gasteiger partial charge is 0.466 e. The van der Waals surface area contributed by atoms with Gasteiger partial charge in [0.15, 0.2) is 0 Å². The van der Waals surface area contributed by atoms with Crippen LogP contribution in [0.25, 0.3) is 0 Å². The van der Waals surface area contributed by atoms with E-state index in [1.807, 2.05) is 6.08 Å². The standard InChI is InChI=1S/C64H123NO5/c1-3-5-7-9-11-13-15-17-19-29-32-36-40-44-48-52-56-62(67)61(60-66)65-63(68)57-53-49-45-41-37-33-30-27-25-23-21-20-22-24-26-28-31-35-39-43-47-51-55-59-70-64(69)58-54-50-46-42-38-34-18-16-14-12-10-8-6-4-2/h16,18,52,56,61-62,66-67H,3-15,17,19-51,53-55,57-60H2,1-2H3,(H,65,68)/b18-16-,56-52+. The van der Waals surface area contributed by atoms with E-state index >= 15 is 0 Å². The fourth-order valence-electron chi connectivity index (χ4n) is 9.87. The Morgan fingerprint density at radius 1 is 0.386 bits per heavy atom. The first-order chi connectivity index (χ1) is 34.5. The lowest BCUT2D eigenvalue weighted by Gasteiger charge is -2.20. The number of allylic oxidation sites excluding steroid dienone is 3. The predicted molar refractivity (Wildman–Crippen MR) is 306 cm³/mol. The van der Waals surface area contributed by atoms with E-state index in [0.717, 1.165) is 44.9 Å². The Hall–Kier alpha value is -1.66. The molecule has 0 fully saturated rings. The van der Waals surface area contributed by atoms with Crippen LogP contribution in [0.4, 0.5) is 0 Å². The van der Waals surface area contributed by atoms with Gasteiger partial charge in [-0.1, -0.05) is 301 Å². The summed E-state index contributed by atoms with van der Waals surface area (Å²) < 4.78 is 5.48. The van der Waals surface area contributed by atoms with Gasteiger partial charge in [0.25, 0.3) is 0 Å². The summed E-state index contributed by atoms with van der Waals surface area (Å²) in [6.07, 6.45) is 73.6. The molecule has 70 heavy (non-hydrogen) atoms. The van der Waals surface area contributed by atoms with Crippen LogP contribution in [0.1, 0.15) is 348 Å². The zero-order valence-corrected chi connectivity index (χ0v) is 47.3. The van der Waals surface area contributed by atoms with E-state index in [4.69, 9.17) is 4.74 Å². The number of esters is 1. The molecule has 414 valence electrons. The van der Waals surface area contributed by atoms with Crippen LogP contribution in [0, 0.1) is 0 Å². The number of aliphatic hydroxyl groups excluding tert-OH is 2. The second-order valence-corrected chi connectivity index (χ2v) is 21.7. The first-order valence-electron chi connectivity index (χ1n) is 31.6. The summed E-state index contributed by atoms with van der Waals surface area (Å²) in [6, 6.07) is -0.627. The van der Waals surface area contributed by atoms with Crippen molar-refractivity contribution in [2.75, 3.05) is 13.2 Å². The second kappa shape index (κ2) is 59.9. The Bertz CT molecular complexity index is 1090. The Morgan fingerprint density at radius 3 is 1.01 bits per heavy atom. The minimum atomic E-state index is -0.844. The van der Waals surface area contributed by atoms with Crippen LogP contribution in [0.15, 0.2) is 24.3 Å². The predicted octanol–water partition coefficient (Wildman–Crippen LogP) is 19.8. The average Bonchev–Trinajstić information content (AvgIpc) is 3.36. The van der Waals surface area contributed by atoms with Gasteiger partial charge < -0.3 is 20.3 Å². The van der Waals surface area contributed by atoms with Gasteiger partial charge in [0.1, 0.15) is 0 Å². The molecule has 2 unspecified atom stereocenters. The van der Waals surface area contributed by atoms with E-state index in [2.05, 4.69) is 31.3 Å². The molecule has 0 heterocycles. The molecule has 0 radical (unpaired) electrons. The SMILES string of the molecule is CCCCCCC/C=C\CCCCCCCC(=O)OCCCCCCCCCCCCCCCCCCCCCCCCCC(=O)NC(CO)C(O)/C=C/CCCCCCCCCCCCCCCC. The normalized spacial score (nSPS) is 12.7. The van der Waals surface area contributed by atoms with Gasteiger partial charge in [-0.25, -0.2) is 0 Å². The van der Waals surface area contributed by atoms with Gasteiger partial charge >= 0.3 is 5.97 Å². The van der Waals surface area contributed by atoms with Gasteiger partial charge in [-0.05, 0) is 57.8 Å². The maximum Gasteiger partial charge on any atom is 0.305 e. The molecular formula is C64H123NO5. The van der Waals surface area contributed by atoms with Gasteiger partial charge in [-0.15, -0.1) is 0 Å². The molecule has 6 nitrogen and oxygen atoms in total. The highest BCUT2D eigenvalue weighted by atomic mass is 16.5. The average molecular weight is 987 g/mol. The van der Waals surface area contributed by atoms with E-state index in [9.17, 15) is 19.8 Å². The van der Waals surface area contributed by atoms with Crippen molar-refractivity contribution in [1.29, 1.82) is 0 Å². The van der Waals surface area contributed by atoms with Crippen molar-refractivity contribution < 1.29 is 24.5 Å². The van der Waals surface area contributed by atoms with Crippen LogP contribution in [0.3, 0.4) is 0 Å². The monoisotopic (exact) mass is 986 g/mol. The number of carbonyl (C=O) groups is 2. The lowest BCUT2D eigenvalue weighted by Crippen LogP contribution is -2.45. The molecule has 0 aliphatic heterocycles. The van der Waals surface area contributed by atoms with Crippen molar-refractivity contribution >= 4 is 11.9 Å². The van der Waals surface area contributed by atoms with Crippen molar-refractivity contribution in [1.82, 2.24) is 5.32 Å². The minimum Gasteiger partial charge on any atom is -0.466 e. The number of amides is 1. The molecule has 0 spiro atoms. The van der Waals surface area contributed by atoms with Gasteiger partial charge in [0, 0.05) is 12.8 Å². The number of aliphatic hydroxyl groups is 2. The van der Waals surface area contributed by atoms with E-state index < -0.39 is 12.1 Å². The molecule has 0 bridgehead atoms. The fraction of sp³-hybridized carbons (Fsp3) is 0.906. The minimum absolute atomic E-state index is 0.00569. The molecule has 0 aromatic rings. The number of carbonyl (C=O) groups excluding carboxylic acids is 2. The number of rotatable bonds is 59. The molecule has 1 amide bonds. The summed E-state index contributed by atoms with van der Waals surface area (Å²) in [4.78, 5) is 24.5. The second-order valence-electron chi connectivity index (χ2n) is 21.7. The summed E-state index contributed by atoms with van der Waals surface area (Å²) in [6.45, 7) is 4.91. The van der Waals surface area contributed by atoms with Crippen molar-refractivity contribution in [3.05, 3.63) is 24.3 Å². The Labute approximate surface area is 437 Å². The third kappa shape index (κ3) is 55.7. The van der Waals surface area contributed by atoms with Gasteiger partial charge in [0.2, 0.25) is 5.91 Å². The summed E-state index contributed by atoms with van der Waals surface area (Å²) in [7, 11) is 0. The summed E-state index contributed by atoms with van der Waals surface area (Å²) in [5, 5.41) is 23.2. The zero-order chi connectivity index (χ0) is 50.7. The Balaban J connectivity index is 3.39.